The van der Waals surface area contributed by atoms with Crippen molar-refractivity contribution in [2.24, 2.45) is 0 Å². The lowest BCUT2D eigenvalue weighted by Crippen LogP contribution is -2.49. The fourth-order valence-corrected chi connectivity index (χ4v) is 2.30. The van der Waals surface area contributed by atoms with Crippen molar-refractivity contribution in [3.05, 3.63) is 38.3 Å². The van der Waals surface area contributed by atoms with Crippen LogP contribution in [0.2, 0.25) is 0 Å². The van der Waals surface area contributed by atoms with Crippen LogP contribution in [0.25, 0.3) is 0 Å². The first kappa shape index (κ1) is 14.2. The van der Waals surface area contributed by atoms with E-state index in [1.165, 1.54) is 4.90 Å². The molecule has 1 amide bonds. The van der Waals surface area contributed by atoms with Gasteiger partial charge in [0, 0.05) is 19.2 Å². The van der Waals surface area contributed by atoms with E-state index in [4.69, 9.17) is 0 Å². The van der Waals surface area contributed by atoms with Crippen LogP contribution in [-0.4, -0.2) is 44.5 Å². The number of hydrogen-bond donors (Lipinski definition) is 2. The van der Waals surface area contributed by atoms with E-state index in [1.807, 2.05) is 0 Å². The van der Waals surface area contributed by atoms with Gasteiger partial charge in [0.05, 0.1) is 16.7 Å². The van der Waals surface area contributed by atoms with Crippen LogP contribution in [-0.2, 0) is 0 Å². The van der Waals surface area contributed by atoms with Crippen molar-refractivity contribution in [2.75, 3.05) is 13.1 Å². The largest absolute Gasteiger partial charge is 0.388 e. The van der Waals surface area contributed by atoms with Gasteiger partial charge in [0.15, 0.2) is 0 Å². The van der Waals surface area contributed by atoms with Crippen LogP contribution in [0.5, 0.6) is 0 Å². The summed E-state index contributed by atoms with van der Waals surface area (Å²) in [5.41, 5.74) is -2.30. The number of nitrogens with zero attached hydrogens (tertiary/aromatic N) is 2. The number of nitro groups is 1. The second-order valence-corrected chi connectivity index (χ2v) is 5.18. The summed E-state index contributed by atoms with van der Waals surface area (Å²) in [5, 5.41) is 20.6. The minimum absolute atomic E-state index is 0.105. The number of H-pyrrole nitrogens is 1. The number of nitrogens with one attached hydrogen (secondary N) is 1. The maximum atomic E-state index is 12.3. The third-order valence-corrected chi connectivity index (χ3v) is 3.29. The van der Waals surface area contributed by atoms with Gasteiger partial charge in [0.1, 0.15) is 5.56 Å². The Hall–Kier alpha value is -2.22. The molecular formula is C12H15N3O5. The topological polar surface area (TPSA) is 117 Å². The number of carbonyl (C=O) groups excluding carboxylic acids is 1. The van der Waals surface area contributed by atoms with Crippen LogP contribution < -0.4 is 5.56 Å². The highest BCUT2D eigenvalue weighted by Gasteiger charge is 2.32. The number of piperidine rings is 1. The Balaban J connectivity index is 2.31. The maximum Gasteiger partial charge on any atom is 0.286 e. The number of aliphatic hydroxyl groups is 1. The van der Waals surface area contributed by atoms with Crippen LogP contribution in [0.3, 0.4) is 0 Å². The van der Waals surface area contributed by atoms with E-state index in [-0.39, 0.29) is 17.8 Å². The van der Waals surface area contributed by atoms with Gasteiger partial charge in [-0.25, -0.2) is 0 Å². The SMILES string of the molecule is CC1(O)CCCN(C(=O)c2cc([N+](=O)[O-])c[nH]c2=O)C1. The summed E-state index contributed by atoms with van der Waals surface area (Å²) in [5.74, 6) is -0.602. The van der Waals surface area contributed by atoms with Gasteiger partial charge in [-0.1, -0.05) is 0 Å². The van der Waals surface area contributed by atoms with Gasteiger partial charge in [-0.05, 0) is 19.8 Å². The van der Waals surface area contributed by atoms with E-state index in [0.717, 1.165) is 12.3 Å². The normalized spacial score (nSPS) is 22.6. The molecule has 2 N–H and O–H groups in total. The van der Waals surface area contributed by atoms with Crippen molar-refractivity contribution in [1.82, 2.24) is 9.88 Å². The predicted molar refractivity (Wildman–Crippen MR) is 69.5 cm³/mol. The van der Waals surface area contributed by atoms with Crippen LogP contribution in [0.1, 0.15) is 30.1 Å². The van der Waals surface area contributed by atoms with E-state index in [2.05, 4.69) is 4.98 Å². The number of aromatic amines is 1. The monoisotopic (exact) mass is 281 g/mol. The molecule has 0 saturated carbocycles. The molecule has 1 aliphatic rings. The van der Waals surface area contributed by atoms with Gasteiger partial charge in [-0.3, -0.25) is 19.7 Å². The zero-order valence-corrected chi connectivity index (χ0v) is 11.0. The molecule has 0 radical (unpaired) electrons. The summed E-state index contributed by atoms with van der Waals surface area (Å²) in [4.78, 5) is 37.4. The molecule has 1 aromatic rings. The molecule has 2 rings (SSSR count). The molecule has 1 atom stereocenters. The van der Waals surface area contributed by atoms with Crippen LogP contribution in [0, 0.1) is 10.1 Å². The number of rotatable bonds is 2. The van der Waals surface area contributed by atoms with E-state index >= 15 is 0 Å². The first-order valence-electron chi connectivity index (χ1n) is 6.19. The first-order chi connectivity index (χ1) is 9.30. The van der Waals surface area contributed by atoms with Crippen molar-refractivity contribution < 1.29 is 14.8 Å². The van der Waals surface area contributed by atoms with E-state index < -0.39 is 22.0 Å². The highest BCUT2D eigenvalue weighted by molar-refractivity contribution is 5.94. The Morgan fingerprint density at radius 2 is 2.30 bits per heavy atom. The molecule has 1 aromatic heterocycles. The van der Waals surface area contributed by atoms with Gasteiger partial charge in [0.25, 0.3) is 17.2 Å². The third-order valence-electron chi connectivity index (χ3n) is 3.29. The highest BCUT2D eigenvalue weighted by Crippen LogP contribution is 2.21. The lowest BCUT2D eigenvalue weighted by molar-refractivity contribution is -0.385. The van der Waals surface area contributed by atoms with Crippen molar-refractivity contribution in [1.29, 1.82) is 0 Å². The molecule has 1 aliphatic heterocycles. The lowest BCUT2D eigenvalue weighted by Gasteiger charge is -2.36. The number of hydrogen-bond acceptors (Lipinski definition) is 5. The fraction of sp³-hybridized carbons (Fsp3) is 0.500. The number of likely N-dealkylation sites (tertiary alicyclic amines) is 1. The fourth-order valence-electron chi connectivity index (χ4n) is 2.30. The predicted octanol–water partition coefficient (Wildman–Crippen LogP) is 0.270. The molecule has 108 valence electrons. The summed E-state index contributed by atoms with van der Waals surface area (Å²) in [6, 6.07) is 0.963. The minimum Gasteiger partial charge on any atom is -0.388 e. The number of β-amino-alcohol motifs (C(OH)–C–C–N with tert-alkyl or cyclic N) is 1. The maximum absolute atomic E-state index is 12.3. The Morgan fingerprint density at radius 1 is 1.60 bits per heavy atom. The second-order valence-electron chi connectivity index (χ2n) is 5.18. The molecule has 0 spiro atoms. The van der Waals surface area contributed by atoms with E-state index in [1.54, 1.807) is 6.92 Å². The van der Waals surface area contributed by atoms with Crippen molar-refractivity contribution in [3.8, 4) is 0 Å². The first-order valence-corrected chi connectivity index (χ1v) is 6.19. The molecule has 8 heteroatoms. The molecular weight excluding hydrogens is 266 g/mol. The third kappa shape index (κ3) is 2.85. The van der Waals surface area contributed by atoms with Crippen LogP contribution in [0.4, 0.5) is 5.69 Å². The average Bonchev–Trinajstić information content (AvgIpc) is 2.37. The van der Waals surface area contributed by atoms with E-state index in [0.29, 0.717) is 19.4 Å². The molecule has 20 heavy (non-hydrogen) atoms. The van der Waals surface area contributed by atoms with Gasteiger partial charge >= 0.3 is 0 Å². The van der Waals surface area contributed by atoms with Crippen LogP contribution in [0.15, 0.2) is 17.1 Å². The Kier molecular flexibility index (Phi) is 3.58. The van der Waals surface area contributed by atoms with Gasteiger partial charge < -0.3 is 15.0 Å². The number of amides is 1. The molecule has 0 aliphatic carbocycles. The summed E-state index contributed by atoms with van der Waals surface area (Å²) in [7, 11) is 0. The van der Waals surface area contributed by atoms with Crippen molar-refractivity contribution in [2.45, 2.75) is 25.4 Å². The van der Waals surface area contributed by atoms with Gasteiger partial charge in [0.2, 0.25) is 0 Å². The van der Waals surface area contributed by atoms with E-state index in [9.17, 15) is 24.8 Å². The zero-order valence-electron chi connectivity index (χ0n) is 11.0. The summed E-state index contributed by atoms with van der Waals surface area (Å²) >= 11 is 0. The Bertz CT molecular complexity index is 607. The quantitative estimate of drug-likeness (QED) is 0.596. The number of pyridine rings is 1. The molecule has 1 fully saturated rings. The zero-order chi connectivity index (χ0) is 14.9. The minimum atomic E-state index is -0.999. The van der Waals surface area contributed by atoms with Gasteiger partial charge in [-0.2, -0.15) is 0 Å². The Morgan fingerprint density at radius 3 is 2.90 bits per heavy atom. The summed E-state index contributed by atoms with van der Waals surface area (Å²) < 4.78 is 0. The molecule has 0 bridgehead atoms. The molecule has 2 heterocycles. The Labute approximate surface area is 114 Å². The lowest BCUT2D eigenvalue weighted by atomic mass is 9.95. The van der Waals surface area contributed by atoms with Crippen molar-refractivity contribution >= 4 is 11.6 Å². The summed E-state index contributed by atoms with van der Waals surface area (Å²) in [6.07, 6.45) is 2.14. The smallest absolute Gasteiger partial charge is 0.286 e. The average molecular weight is 281 g/mol. The highest BCUT2D eigenvalue weighted by atomic mass is 16.6. The summed E-state index contributed by atoms with van der Waals surface area (Å²) in [6.45, 7) is 2.13. The molecule has 1 saturated heterocycles. The molecule has 0 aromatic carbocycles. The van der Waals surface area contributed by atoms with Gasteiger partial charge in [-0.15, -0.1) is 0 Å². The molecule has 8 nitrogen and oxygen atoms in total. The van der Waals surface area contributed by atoms with Crippen molar-refractivity contribution in [3.63, 3.8) is 0 Å². The van der Waals surface area contributed by atoms with Crippen LogP contribution >= 0.6 is 0 Å². The standard InChI is InChI=1S/C12H15N3O5/c1-12(18)3-2-4-14(7-12)11(17)9-5-8(15(19)20)6-13-10(9)16/h5-6,18H,2-4,7H2,1H3,(H,13,16). The second kappa shape index (κ2) is 5.04. The number of aromatic nitrogens is 1. The molecule has 1 unspecified atom stereocenters. The number of carbonyl (C=O) groups is 1.